The van der Waals surface area contributed by atoms with E-state index in [2.05, 4.69) is 33.0 Å². The number of amides is 1. The lowest BCUT2D eigenvalue weighted by molar-refractivity contribution is -0.125. The van der Waals surface area contributed by atoms with Gasteiger partial charge in [0.15, 0.2) is 0 Å². The molecule has 1 rings (SSSR count). The normalized spacial score (nSPS) is 23.8. The highest BCUT2D eigenvalue weighted by molar-refractivity contribution is 5.78. The summed E-state index contributed by atoms with van der Waals surface area (Å²) in [5.41, 5.74) is 6.77. The van der Waals surface area contributed by atoms with Gasteiger partial charge in [-0.05, 0) is 49.4 Å². The second kappa shape index (κ2) is 12.8. The fourth-order valence-electron chi connectivity index (χ4n) is 4.55. The monoisotopic (exact) mass is 396 g/mol. The maximum atomic E-state index is 12.1. The molecule has 1 aliphatic rings. The van der Waals surface area contributed by atoms with Crippen LogP contribution in [0.3, 0.4) is 0 Å². The zero-order valence-electron chi connectivity index (χ0n) is 19.3. The van der Waals surface area contributed by atoms with E-state index in [4.69, 9.17) is 5.73 Å². The van der Waals surface area contributed by atoms with Crippen LogP contribution in [0.25, 0.3) is 0 Å². The van der Waals surface area contributed by atoms with Gasteiger partial charge in [0.2, 0.25) is 5.91 Å². The lowest BCUT2D eigenvalue weighted by Gasteiger charge is -2.32. The number of nitrogens with two attached hydrogens (primary N) is 1. The Morgan fingerprint density at radius 3 is 2.54 bits per heavy atom. The molecule has 4 N–H and O–H groups in total. The summed E-state index contributed by atoms with van der Waals surface area (Å²) in [7, 11) is 0. The fourth-order valence-corrected chi connectivity index (χ4v) is 4.55. The third kappa shape index (κ3) is 10.8. The van der Waals surface area contributed by atoms with E-state index in [0.717, 1.165) is 31.7 Å². The van der Waals surface area contributed by atoms with Crippen LogP contribution in [0.1, 0.15) is 105 Å². The van der Waals surface area contributed by atoms with Gasteiger partial charge in [-0.15, -0.1) is 0 Å². The van der Waals surface area contributed by atoms with Gasteiger partial charge in [0.25, 0.3) is 0 Å². The number of rotatable bonds is 12. The van der Waals surface area contributed by atoms with Crippen molar-refractivity contribution in [3.8, 4) is 0 Å². The number of aliphatic hydroxyl groups excluding tert-OH is 1. The SMILES string of the molecule is CCCCNC(=O)[C@H](C)C[C@H](O)[C@@H](N)CC1CCCC(CCCC(C)(C)C)C1. The molecule has 2 unspecified atom stereocenters. The maximum absolute atomic E-state index is 12.1. The van der Waals surface area contributed by atoms with E-state index >= 15 is 0 Å². The Balaban J connectivity index is 2.33. The van der Waals surface area contributed by atoms with Gasteiger partial charge in [0.1, 0.15) is 0 Å². The Bertz CT molecular complexity index is 433. The summed E-state index contributed by atoms with van der Waals surface area (Å²) in [5.74, 6) is 1.31. The topological polar surface area (TPSA) is 75.3 Å². The van der Waals surface area contributed by atoms with Crippen molar-refractivity contribution in [2.24, 2.45) is 28.9 Å². The smallest absolute Gasteiger partial charge is 0.222 e. The summed E-state index contributed by atoms with van der Waals surface area (Å²) >= 11 is 0. The predicted molar refractivity (Wildman–Crippen MR) is 119 cm³/mol. The number of aliphatic hydroxyl groups is 1. The molecule has 166 valence electrons. The van der Waals surface area contributed by atoms with Crippen LogP contribution >= 0.6 is 0 Å². The number of nitrogens with one attached hydrogen (secondary N) is 1. The van der Waals surface area contributed by atoms with E-state index in [1.54, 1.807) is 0 Å². The molecule has 1 aliphatic carbocycles. The Kier molecular flexibility index (Phi) is 11.7. The zero-order chi connectivity index (χ0) is 21.2. The van der Waals surface area contributed by atoms with Crippen LogP contribution in [0.5, 0.6) is 0 Å². The number of carbonyl (C=O) groups is 1. The van der Waals surface area contributed by atoms with Gasteiger partial charge in [0, 0.05) is 18.5 Å². The fraction of sp³-hybridized carbons (Fsp3) is 0.958. The minimum atomic E-state index is -0.590. The van der Waals surface area contributed by atoms with Gasteiger partial charge < -0.3 is 16.2 Å². The first-order valence-electron chi connectivity index (χ1n) is 11.8. The molecular formula is C24H48N2O2. The van der Waals surface area contributed by atoms with E-state index in [1.165, 1.54) is 44.9 Å². The lowest BCUT2D eigenvalue weighted by Crippen LogP contribution is -2.40. The van der Waals surface area contributed by atoms with E-state index in [9.17, 15) is 9.90 Å². The average molecular weight is 397 g/mol. The summed E-state index contributed by atoms with van der Waals surface area (Å²) < 4.78 is 0. The van der Waals surface area contributed by atoms with Crippen LogP contribution < -0.4 is 11.1 Å². The van der Waals surface area contributed by atoms with Crippen molar-refractivity contribution in [1.29, 1.82) is 0 Å². The molecule has 0 aromatic carbocycles. The first-order chi connectivity index (χ1) is 13.1. The molecule has 4 heteroatoms. The van der Waals surface area contributed by atoms with Gasteiger partial charge in [-0.1, -0.05) is 73.1 Å². The van der Waals surface area contributed by atoms with Gasteiger partial charge in [0.05, 0.1) is 6.10 Å². The van der Waals surface area contributed by atoms with E-state index < -0.39 is 6.10 Å². The molecule has 5 atom stereocenters. The largest absolute Gasteiger partial charge is 0.391 e. The molecule has 28 heavy (non-hydrogen) atoms. The summed E-state index contributed by atoms with van der Waals surface area (Å²) in [6.45, 7) is 11.7. The first kappa shape index (κ1) is 25.4. The Hall–Kier alpha value is -0.610. The van der Waals surface area contributed by atoms with Crippen molar-refractivity contribution >= 4 is 5.91 Å². The Labute approximate surface area is 174 Å². The maximum Gasteiger partial charge on any atom is 0.222 e. The van der Waals surface area contributed by atoms with Crippen molar-refractivity contribution in [2.45, 2.75) is 117 Å². The second-order valence-electron chi connectivity index (χ2n) is 10.6. The molecular weight excluding hydrogens is 348 g/mol. The highest BCUT2D eigenvalue weighted by Gasteiger charge is 2.28. The summed E-state index contributed by atoms with van der Waals surface area (Å²) in [6, 6.07) is -0.218. The van der Waals surface area contributed by atoms with Crippen LogP contribution in [0.15, 0.2) is 0 Å². The molecule has 0 bridgehead atoms. The third-order valence-corrected chi connectivity index (χ3v) is 6.40. The molecule has 0 radical (unpaired) electrons. The zero-order valence-corrected chi connectivity index (χ0v) is 19.3. The molecule has 0 heterocycles. The van der Waals surface area contributed by atoms with E-state index in [1.807, 2.05) is 6.92 Å². The molecule has 1 fully saturated rings. The quantitative estimate of drug-likeness (QED) is 0.405. The second-order valence-corrected chi connectivity index (χ2v) is 10.6. The highest BCUT2D eigenvalue weighted by Crippen LogP contribution is 2.36. The van der Waals surface area contributed by atoms with Crippen molar-refractivity contribution in [1.82, 2.24) is 5.32 Å². The predicted octanol–water partition coefficient (Wildman–Crippen LogP) is 5.03. The summed E-state index contributed by atoms with van der Waals surface area (Å²) in [6.07, 6.45) is 11.9. The van der Waals surface area contributed by atoms with Crippen molar-refractivity contribution in [3.63, 3.8) is 0 Å². The highest BCUT2D eigenvalue weighted by atomic mass is 16.3. The van der Waals surface area contributed by atoms with Gasteiger partial charge >= 0.3 is 0 Å². The standard InChI is InChI=1S/C24H48N2O2/c1-6-7-14-26-23(28)18(2)15-22(27)21(25)17-20-11-8-10-19(16-20)12-9-13-24(3,4)5/h18-22,27H,6-17,25H2,1-5H3,(H,26,28)/t18-,19?,20?,21+,22+/m1/s1. The van der Waals surface area contributed by atoms with Gasteiger partial charge in [-0.3, -0.25) is 4.79 Å². The van der Waals surface area contributed by atoms with Gasteiger partial charge in [-0.25, -0.2) is 0 Å². The minimum Gasteiger partial charge on any atom is -0.391 e. The molecule has 1 amide bonds. The summed E-state index contributed by atoms with van der Waals surface area (Å²) in [5, 5.41) is 13.5. The van der Waals surface area contributed by atoms with Crippen molar-refractivity contribution in [2.75, 3.05) is 6.54 Å². The number of hydrogen-bond acceptors (Lipinski definition) is 3. The molecule has 0 aromatic heterocycles. The molecule has 0 aromatic rings. The third-order valence-electron chi connectivity index (χ3n) is 6.40. The van der Waals surface area contributed by atoms with Crippen LogP contribution in [-0.4, -0.2) is 29.7 Å². The van der Waals surface area contributed by atoms with Crippen LogP contribution in [0.4, 0.5) is 0 Å². The lowest BCUT2D eigenvalue weighted by atomic mass is 9.75. The number of hydrogen-bond donors (Lipinski definition) is 3. The van der Waals surface area contributed by atoms with Gasteiger partial charge in [-0.2, -0.15) is 0 Å². The van der Waals surface area contributed by atoms with E-state index in [0.29, 0.717) is 17.8 Å². The van der Waals surface area contributed by atoms with Crippen molar-refractivity contribution in [3.05, 3.63) is 0 Å². The molecule has 0 spiro atoms. The van der Waals surface area contributed by atoms with Crippen molar-refractivity contribution < 1.29 is 9.90 Å². The van der Waals surface area contributed by atoms with Crippen LogP contribution in [-0.2, 0) is 4.79 Å². The molecule has 4 nitrogen and oxygen atoms in total. The Morgan fingerprint density at radius 2 is 1.89 bits per heavy atom. The van der Waals surface area contributed by atoms with Crippen LogP contribution in [0, 0.1) is 23.2 Å². The molecule has 0 saturated heterocycles. The average Bonchev–Trinajstić information content (AvgIpc) is 2.61. The molecule has 0 aliphatic heterocycles. The summed E-state index contributed by atoms with van der Waals surface area (Å²) in [4.78, 5) is 12.1. The minimum absolute atomic E-state index is 0.0382. The molecule has 1 saturated carbocycles. The first-order valence-corrected chi connectivity index (χ1v) is 11.8. The number of unbranched alkanes of at least 4 members (excludes halogenated alkanes) is 1. The van der Waals surface area contributed by atoms with Crippen LogP contribution in [0.2, 0.25) is 0 Å². The van der Waals surface area contributed by atoms with E-state index in [-0.39, 0.29) is 17.9 Å². The Morgan fingerprint density at radius 1 is 1.21 bits per heavy atom. The number of carbonyl (C=O) groups excluding carboxylic acids is 1.